The summed E-state index contributed by atoms with van der Waals surface area (Å²) in [7, 11) is 0. The lowest BCUT2D eigenvalue weighted by Gasteiger charge is -2.11. The average molecular weight is 240 g/mol. The van der Waals surface area contributed by atoms with Gasteiger partial charge in [0, 0.05) is 18.4 Å². The maximum absolute atomic E-state index is 6.18. The number of benzene rings is 1. The Labute approximate surface area is 109 Å². The fourth-order valence-electron chi connectivity index (χ4n) is 2.03. The Kier molecular flexibility index (Phi) is 4.48. The summed E-state index contributed by atoms with van der Waals surface area (Å²) >= 11 is 0. The SMILES string of the molecule is Cc1ccc(CC(N)CCc2ccncc2)cc1. The number of nitrogens with two attached hydrogens (primary N) is 1. The number of rotatable bonds is 5. The van der Waals surface area contributed by atoms with Crippen LogP contribution in [-0.4, -0.2) is 11.0 Å². The first-order valence-electron chi connectivity index (χ1n) is 6.44. The van der Waals surface area contributed by atoms with Gasteiger partial charge in [0.1, 0.15) is 0 Å². The molecule has 2 nitrogen and oxygen atoms in total. The Hall–Kier alpha value is -1.67. The summed E-state index contributed by atoms with van der Waals surface area (Å²) in [6.45, 7) is 2.10. The molecule has 0 fully saturated rings. The number of hydrogen-bond acceptors (Lipinski definition) is 2. The van der Waals surface area contributed by atoms with Gasteiger partial charge in [0.25, 0.3) is 0 Å². The summed E-state index contributed by atoms with van der Waals surface area (Å²) < 4.78 is 0. The number of nitrogens with zero attached hydrogens (tertiary/aromatic N) is 1. The Morgan fingerprint density at radius 1 is 1.00 bits per heavy atom. The van der Waals surface area contributed by atoms with Gasteiger partial charge in [-0.3, -0.25) is 4.98 Å². The molecule has 2 aromatic rings. The molecule has 0 saturated carbocycles. The molecule has 0 saturated heterocycles. The second-order valence-electron chi connectivity index (χ2n) is 4.84. The van der Waals surface area contributed by atoms with Crippen molar-refractivity contribution in [3.05, 3.63) is 65.5 Å². The van der Waals surface area contributed by atoms with Crippen LogP contribution in [-0.2, 0) is 12.8 Å². The van der Waals surface area contributed by atoms with Crippen LogP contribution in [0.5, 0.6) is 0 Å². The minimum absolute atomic E-state index is 0.223. The maximum Gasteiger partial charge on any atom is 0.0270 e. The van der Waals surface area contributed by atoms with Crippen molar-refractivity contribution in [2.75, 3.05) is 0 Å². The Bertz CT molecular complexity index is 462. The third kappa shape index (κ3) is 3.97. The highest BCUT2D eigenvalue weighted by Crippen LogP contribution is 2.09. The highest BCUT2D eigenvalue weighted by molar-refractivity contribution is 5.22. The van der Waals surface area contributed by atoms with Crippen LogP contribution in [0.3, 0.4) is 0 Å². The normalized spacial score (nSPS) is 12.3. The molecule has 2 N–H and O–H groups in total. The van der Waals surface area contributed by atoms with E-state index in [2.05, 4.69) is 48.3 Å². The van der Waals surface area contributed by atoms with Crippen molar-refractivity contribution in [1.82, 2.24) is 4.98 Å². The minimum atomic E-state index is 0.223. The number of hydrogen-bond donors (Lipinski definition) is 1. The predicted molar refractivity (Wildman–Crippen MR) is 75.4 cm³/mol. The van der Waals surface area contributed by atoms with Crippen LogP contribution in [0.2, 0.25) is 0 Å². The monoisotopic (exact) mass is 240 g/mol. The van der Waals surface area contributed by atoms with Crippen molar-refractivity contribution >= 4 is 0 Å². The fraction of sp³-hybridized carbons (Fsp3) is 0.312. The van der Waals surface area contributed by atoms with E-state index in [1.54, 1.807) is 0 Å². The van der Waals surface area contributed by atoms with Gasteiger partial charge < -0.3 is 5.73 Å². The Morgan fingerprint density at radius 3 is 2.33 bits per heavy atom. The molecule has 0 aliphatic heterocycles. The minimum Gasteiger partial charge on any atom is -0.327 e. The van der Waals surface area contributed by atoms with E-state index in [1.807, 2.05) is 12.4 Å². The second kappa shape index (κ2) is 6.31. The molecule has 1 atom stereocenters. The molecule has 1 aromatic carbocycles. The highest BCUT2D eigenvalue weighted by Gasteiger charge is 2.04. The van der Waals surface area contributed by atoms with E-state index in [4.69, 9.17) is 5.73 Å². The van der Waals surface area contributed by atoms with Crippen molar-refractivity contribution < 1.29 is 0 Å². The highest BCUT2D eigenvalue weighted by atomic mass is 14.6. The van der Waals surface area contributed by atoms with Crippen LogP contribution in [0.1, 0.15) is 23.1 Å². The van der Waals surface area contributed by atoms with E-state index >= 15 is 0 Å². The summed E-state index contributed by atoms with van der Waals surface area (Å²) in [5.41, 5.74) is 10.1. The molecule has 2 rings (SSSR count). The molecule has 0 aliphatic carbocycles. The van der Waals surface area contributed by atoms with E-state index in [0.717, 1.165) is 19.3 Å². The molecule has 1 heterocycles. The molecule has 0 spiro atoms. The van der Waals surface area contributed by atoms with Crippen LogP contribution >= 0.6 is 0 Å². The van der Waals surface area contributed by atoms with Gasteiger partial charge in [0.2, 0.25) is 0 Å². The fourth-order valence-corrected chi connectivity index (χ4v) is 2.03. The lowest BCUT2D eigenvalue weighted by atomic mass is 10.00. The number of aromatic nitrogens is 1. The van der Waals surface area contributed by atoms with Gasteiger partial charge in [-0.1, -0.05) is 29.8 Å². The summed E-state index contributed by atoms with van der Waals surface area (Å²) in [6.07, 6.45) is 6.65. The van der Waals surface area contributed by atoms with Gasteiger partial charge in [-0.25, -0.2) is 0 Å². The molecule has 18 heavy (non-hydrogen) atoms. The topological polar surface area (TPSA) is 38.9 Å². The van der Waals surface area contributed by atoms with Gasteiger partial charge in [-0.15, -0.1) is 0 Å². The summed E-state index contributed by atoms with van der Waals surface area (Å²) in [5.74, 6) is 0. The zero-order valence-corrected chi connectivity index (χ0v) is 10.8. The van der Waals surface area contributed by atoms with Crippen molar-refractivity contribution in [3.63, 3.8) is 0 Å². The zero-order chi connectivity index (χ0) is 12.8. The van der Waals surface area contributed by atoms with E-state index in [0.29, 0.717) is 0 Å². The van der Waals surface area contributed by atoms with Crippen molar-refractivity contribution in [2.24, 2.45) is 5.73 Å². The first-order chi connectivity index (χ1) is 8.74. The lowest BCUT2D eigenvalue weighted by molar-refractivity contribution is 0.610. The molecule has 0 radical (unpaired) electrons. The van der Waals surface area contributed by atoms with Gasteiger partial charge >= 0.3 is 0 Å². The third-order valence-electron chi connectivity index (χ3n) is 3.17. The Morgan fingerprint density at radius 2 is 1.67 bits per heavy atom. The maximum atomic E-state index is 6.18. The van der Waals surface area contributed by atoms with Crippen LogP contribution in [0.25, 0.3) is 0 Å². The number of pyridine rings is 1. The van der Waals surface area contributed by atoms with Gasteiger partial charge in [0.05, 0.1) is 0 Å². The summed E-state index contributed by atoms with van der Waals surface area (Å²) in [6, 6.07) is 13.0. The van der Waals surface area contributed by atoms with Crippen molar-refractivity contribution in [1.29, 1.82) is 0 Å². The molecular formula is C16H20N2. The van der Waals surface area contributed by atoms with E-state index < -0.39 is 0 Å². The standard InChI is InChI=1S/C16H20N2/c1-13-2-4-15(5-3-13)12-16(17)7-6-14-8-10-18-11-9-14/h2-5,8-11,16H,6-7,12,17H2,1H3. The molecule has 1 unspecified atom stereocenters. The van der Waals surface area contributed by atoms with Crippen LogP contribution < -0.4 is 5.73 Å². The van der Waals surface area contributed by atoms with Crippen molar-refractivity contribution in [2.45, 2.75) is 32.2 Å². The van der Waals surface area contributed by atoms with E-state index in [1.165, 1.54) is 16.7 Å². The molecule has 0 bridgehead atoms. The first kappa shape index (κ1) is 12.8. The Balaban J connectivity index is 1.82. The van der Waals surface area contributed by atoms with Crippen LogP contribution in [0.15, 0.2) is 48.8 Å². The van der Waals surface area contributed by atoms with Crippen LogP contribution in [0, 0.1) is 6.92 Å². The molecule has 0 aliphatic rings. The zero-order valence-electron chi connectivity index (χ0n) is 10.8. The predicted octanol–water partition coefficient (Wildman–Crippen LogP) is 2.89. The molecule has 0 amide bonds. The number of aryl methyl sites for hydroxylation is 2. The smallest absolute Gasteiger partial charge is 0.0270 e. The van der Waals surface area contributed by atoms with E-state index in [9.17, 15) is 0 Å². The van der Waals surface area contributed by atoms with E-state index in [-0.39, 0.29) is 6.04 Å². The lowest BCUT2D eigenvalue weighted by Crippen LogP contribution is -2.23. The second-order valence-corrected chi connectivity index (χ2v) is 4.84. The van der Waals surface area contributed by atoms with Gasteiger partial charge in [-0.2, -0.15) is 0 Å². The van der Waals surface area contributed by atoms with Gasteiger partial charge in [0.15, 0.2) is 0 Å². The van der Waals surface area contributed by atoms with Gasteiger partial charge in [-0.05, 0) is 49.4 Å². The summed E-state index contributed by atoms with van der Waals surface area (Å²) in [4.78, 5) is 4.02. The molecule has 1 aromatic heterocycles. The van der Waals surface area contributed by atoms with Crippen molar-refractivity contribution in [3.8, 4) is 0 Å². The quantitative estimate of drug-likeness (QED) is 0.872. The summed E-state index contributed by atoms with van der Waals surface area (Å²) in [5, 5.41) is 0. The molecular weight excluding hydrogens is 220 g/mol. The molecule has 94 valence electrons. The average Bonchev–Trinajstić information content (AvgIpc) is 2.40. The third-order valence-corrected chi connectivity index (χ3v) is 3.17. The van der Waals surface area contributed by atoms with Crippen LogP contribution in [0.4, 0.5) is 0 Å². The largest absolute Gasteiger partial charge is 0.327 e. The first-order valence-corrected chi connectivity index (χ1v) is 6.44. The molecule has 2 heteroatoms.